The number of rotatable bonds is 3. The van der Waals surface area contributed by atoms with E-state index in [0.717, 1.165) is 31.5 Å². The zero-order valence-electron chi connectivity index (χ0n) is 11.4. The number of halogens is 2. The molecule has 0 aromatic heterocycles. The van der Waals surface area contributed by atoms with E-state index in [2.05, 4.69) is 5.32 Å². The molecule has 0 atom stereocenters. The van der Waals surface area contributed by atoms with Crippen LogP contribution in [0.3, 0.4) is 0 Å². The molecule has 1 fully saturated rings. The molecule has 108 valence electrons. The second-order valence-corrected chi connectivity index (χ2v) is 5.73. The lowest BCUT2D eigenvalue weighted by molar-refractivity contribution is -0.127. The number of piperidine rings is 1. The number of carbonyl (C=O) groups is 1. The van der Waals surface area contributed by atoms with Gasteiger partial charge < -0.3 is 10.2 Å². The second-order valence-electron chi connectivity index (χ2n) is 4.89. The number of nitrogens with one attached hydrogen (secondary N) is 1. The van der Waals surface area contributed by atoms with Crippen molar-refractivity contribution in [3.8, 4) is 0 Å². The zero-order valence-corrected chi connectivity index (χ0v) is 12.9. The van der Waals surface area contributed by atoms with E-state index in [1.807, 2.05) is 11.9 Å². The van der Waals surface area contributed by atoms with Crippen molar-refractivity contribution >= 4 is 35.2 Å². The van der Waals surface area contributed by atoms with Gasteiger partial charge in [-0.15, -0.1) is 0 Å². The molecule has 1 aliphatic heterocycles. The van der Waals surface area contributed by atoms with Crippen molar-refractivity contribution in [2.45, 2.75) is 18.9 Å². The van der Waals surface area contributed by atoms with Crippen molar-refractivity contribution in [3.63, 3.8) is 0 Å². The van der Waals surface area contributed by atoms with Crippen LogP contribution in [0.15, 0.2) is 24.3 Å². The van der Waals surface area contributed by atoms with Crippen molar-refractivity contribution in [2.24, 2.45) is 0 Å². The molecular weight excluding hydrogens is 295 g/mol. The first-order valence-electron chi connectivity index (χ1n) is 6.69. The van der Waals surface area contributed by atoms with Crippen LogP contribution in [-0.2, 0) is 4.79 Å². The highest BCUT2D eigenvalue weighted by atomic mass is 35.5. The van der Waals surface area contributed by atoms with Gasteiger partial charge in [-0.1, -0.05) is 23.2 Å². The first-order chi connectivity index (χ1) is 9.60. The van der Waals surface area contributed by atoms with Gasteiger partial charge in [0.15, 0.2) is 0 Å². The Hall–Kier alpha value is -1.03. The molecule has 1 saturated heterocycles. The van der Waals surface area contributed by atoms with Gasteiger partial charge in [0.05, 0.1) is 0 Å². The Morgan fingerprint density at radius 2 is 2.05 bits per heavy atom. The largest absolute Gasteiger partial charge is 0.339 e. The monoisotopic (exact) mass is 312 g/mol. The lowest BCUT2D eigenvalue weighted by Crippen LogP contribution is -2.43. The summed E-state index contributed by atoms with van der Waals surface area (Å²) in [6.07, 6.45) is 5.28. The number of benzene rings is 1. The quantitative estimate of drug-likeness (QED) is 0.869. The summed E-state index contributed by atoms with van der Waals surface area (Å²) >= 11 is 12.0. The predicted molar refractivity (Wildman–Crippen MR) is 84.2 cm³/mol. The minimum absolute atomic E-state index is 0.0237. The lowest BCUT2D eigenvalue weighted by Gasteiger charge is -2.31. The van der Waals surface area contributed by atoms with E-state index in [4.69, 9.17) is 23.2 Å². The van der Waals surface area contributed by atoms with Gasteiger partial charge in [0.25, 0.3) is 0 Å². The summed E-state index contributed by atoms with van der Waals surface area (Å²) in [5, 5.41) is 4.44. The van der Waals surface area contributed by atoms with E-state index < -0.39 is 0 Å². The summed E-state index contributed by atoms with van der Waals surface area (Å²) in [5.74, 6) is 0.0237. The van der Waals surface area contributed by atoms with Crippen LogP contribution in [-0.4, -0.2) is 37.0 Å². The Kier molecular flexibility index (Phi) is 5.46. The van der Waals surface area contributed by atoms with Crippen LogP contribution in [0.2, 0.25) is 10.0 Å². The fourth-order valence-corrected chi connectivity index (χ4v) is 2.66. The average Bonchev–Trinajstić information content (AvgIpc) is 2.48. The van der Waals surface area contributed by atoms with Gasteiger partial charge in [-0.25, -0.2) is 0 Å². The van der Waals surface area contributed by atoms with Crippen LogP contribution in [0.25, 0.3) is 6.08 Å². The summed E-state index contributed by atoms with van der Waals surface area (Å²) in [6, 6.07) is 5.73. The second kappa shape index (κ2) is 7.11. The van der Waals surface area contributed by atoms with E-state index in [0.29, 0.717) is 16.1 Å². The minimum atomic E-state index is 0.0237. The normalized spacial score (nSPS) is 16.9. The molecule has 0 saturated carbocycles. The van der Waals surface area contributed by atoms with Gasteiger partial charge in [0.1, 0.15) is 0 Å². The molecule has 1 aromatic carbocycles. The smallest absolute Gasteiger partial charge is 0.246 e. The van der Waals surface area contributed by atoms with Crippen molar-refractivity contribution in [2.75, 3.05) is 20.1 Å². The van der Waals surface area contributed by atoms with E-state index in [1.165, 1.54) is 0 Å². The molecule has 1 aliphatic rings. The fourth-order valence-electron chi connectivity index (χ4n) is 2.30. The maximum Gasteiger partial charge on any atom is 0.246 e. The lowest BCUT2D eigenvalue weighted by atomic mass is 10.1. The number of nitrogens with zero attached hydrogens (tertiary/aromatic N) is 1. The van der Waals surface area contributed by atoms with E-state index in [9.17, 15) is 4.79 Å². The summed E-state index contributed by atoms with van der Waals surface area (Å²) in [4.78, 5) is 14.0. The van der Waals surface area contributed by atoms with E-state index in [-0.39, 0.29) is 5.91 Å². The number of hydrogen-bond donors (Lipinski definition) is 1. The van der Waals surface area contributed by atoms with Gasteiger partial charge in [-0.05, 0) is 49.7 Å². The molecule has 1 N–H and O–H groups in total. The molecular formula is C15H18Cl2N2O. The molecule has 0 bridgehead atoms. The van der Waals surface area contributed by atoms with Gasteiger partial charge in [-0.2, -0.15) is 0 Å². The van der Waals surface area contributed by atoms with Crippen molar-refractivity contribution in [1.82, 2.24) is 10.2 Å². The number of amides is 1. The SMILES string of the molecule is CNC1CCN(C(=O)C=Cc2cc(Cl)ccc2Cl)CC1. The van der Waals surface area contributed by atoms with E-state index >= 15 is 0 Å². The molecule has 5 heteroatoms. The fraction of sp³-hybridized carbons (Fsp3) is 0.400. The molecule has 3 nitrogen and oxygen atoms in total. The Balaban J connectivity index is 1.97. The first-order valence-corrected chi connectivity index (χ1v) is 7.45. The third-order valence-electron chi connectivity index (χ3n) is 3.58. The number of likely N-dealkylation sites (tertiary alicyclic amines) is 1. The highest BCUT2D eigenvalue weighted by molar-refractivity contribution is 6.34. The molecule has 0 radical (unpaired) electrons. The van der Waals surface area contributed by atoms with Crippen LogP contribution in [0, 0.1) is 0 Å². The van der Waals surface area contributed by atoms with Gasteiger partial charge in [-0.3, -0.25) is 4.79 Å². The van der Waals surface area contributed by atoms with Crippen molar-refractivity contribution < 1.29 is 4.79 Å². The molecule has 0 unspecified atom stereocenters. The number of carbonyl (C=O) groups excluding carboxylic acids is 1. The molecule has 0 aliphatic carbocycles. The van der Waals surface area contributed by atoms with Gasteiger partial charge in [0, 0.05) is 35.3 Å². The standard InChI is InChI=1S/C15H18Cl2N2O/c1-18-13-6-8-19(9-7-13)15(20)5-2-11-10-12(16)3-4-14(11)17/h2-5,10,13,18H,6-9H2,1H3. The van der Waals surface area contributed by atoms with Gasteiger partial charge >= 0.3 is 0 Å². The van der Waals surface area contributed by atoms with E-state index in [1.54, 1.807) is 30.4 Å². The molecule has 0 spiro atoms. The Morgan fingerprint density at radius 3 is 2.70 bits per heavy atom. The molecule has 20 heavy (non-hydrogen) atoms. The van der Waals surface area contributed by atoms with Crippen LogP contribution in [0.4, 0.5) is 0 Å². The summed E-state index contributed by atoms with van der Waals surface area (Å²) < 4.78 is 0. The Bertz CT molecular complexity index is 509. The highest BCUT2D eigenvalue weighted by Crippen LogP contribution is 2.22. The Labute approximate surface area is 129 Å². The molecule has 1 aromatic rings. The maximum atomic E-state index is 12.1. The molecule has 1 heterocycles. The summed E-state index contributed by atoms with van der Waals surface area (Å²) in [6.45, 7) is 1.58. The summed E-state index contributed by atoms with van der Waals surface area (Å²) in [5.41, 5.74) is 0.762. The molecule has 1 amide bonds. The minimum Gasteiger partial charge on any atom is -0.339 e. The van der Waals surface area contributed by atoms with Gasteiger partial charge in [0.2, 0.25) is 5.91 Å². The van der Waals surface area contributed by atoms with Crippen LogP contribution >= 0.6 is 23.2 Å². The maximum absolute atomic E-state index is 12.1. The third-order valence-corrected chi connectivity index (χ3v) is 4.16. The zero-order chi connectivity index (χ0) is 14.5. The highest BCUT2D eigenvalue weighted by Gasteiger charge is 2.20. The first kappa shape index (κ1) is 15.4. The average molecular weight is 313 g/mol. The Morgan fingerprint density at radius 1 is 1.35 bits per heavy atom. The van der Waals surface area contributed by atoms with Crippen LogP contribution < -0.4 is 5.32 Å². The summed E-state index contributed by atoms with van der Waals surface area (Å²) in [7, 11) is 1.96. The topological polar surface area (TPSA) is 32.3 Å². The predicted octanol–water partition coefficient (Wildman–Crippen LogP) is 3.22. The van der Waals surface area contributed by atoms with Crippen LogP contribution in [0.1, 0.15) is 18.4 Å². The third kappa shape index (κ3) is 3.98. The van der Waals surface area contributed by atoms with Crippen molar-refractivity contribution in [3.05, 3.63) is 39.9 Å². The molecule has 2 rings (SSSR count). The number of hydrogen-bond acceptors (Lipinski definition) is 2. The van der Waals surface area contributed by atoms with Crippen molar-refractivity contribution in [1.29, 1.82) is 0 Å². The van der Waals surface area contributed by atoms with Crippen LogP contribution in [0.5, 0.6) is 0 Å².